The van der Waals surface area contributed by atoms with Gasteiger partial charge in [-0.15, -0.1) is 0 Å². The molecule has 136 valence electrons. The van der Waals surface area contributed by atoms with Gasteiger partial charge in [0.1, 0.15) is 11.6 Å². The molecule has 0 amide bonds. The van der Waals surface area contributed by atoms with E-state index in [9.17, 15) is 0 Å². The zero-order valence-electron chi connectivity index (χ0n) is 15.4. The van der Waals surface area contributed by atoms with Gasteiger partial charge in [0.05, 0.1) is 0 Å². The molecule has 0 saturated carbocycles. The summed E-state index contributed by atoms with van der Waals surface area (Å²) in [5.74, 6) is 1.16. The van der Waals surface area contributed by atoms with Crippen molar-refractivity contribution in [3.63, 3.8) is 0 Å². The van der Waals surface area contributed by atoms with Gasteiger partial charge in [0, 0.05) is 25.2 Å². The topological polar surface area (TPSA) is 90.7 Å². The molecule has 26 heavy (non-hydrogen) atoms. The summed E-state index contributed by atoms with van der Waals surface area (Å²) >= 11 is 0. The van der Waals surface area contributed by atoms with Crippen LogP contribution in [0.1, 0.15) is 35.1 Å². The second-order valence-electron chi connectivity index (χ2n) is 6.80. The minimum atomic E-state index is 0. The van der Waals surface area contributed by atoms with Gasteiger partial charge in [-0.05, 0) is 86.1 Å². The molecule has 3 aromatic rings. The van der Waals surface area contributed by atoms with E-state index in [0.29, 0.717) is 11.6 Å². The minimum absolute atomic E-state index is 0. The first kappa shape index (κ1) is 17.9. The molecule has 0 bridgehead atoms. The molecular formula is C21H27N5. The van der Waals surface area contributed by atoms with Crippen molar-refractivity contribution < 1.29 is 1.43 Å². The highest BCUT2D eigenvalue weighted by molar-refractivity contribution is 5.36. The lowest BCUT2D eigenvalue weighted by Gasteiger charge is -2.07. The Kier molecular flexibility index (Phi) is 5.46. The lowest BCUT2D eigenvalue weighted by atomic mass is 10.0. The summed E-state index contributed by atoms with van der Waals surface area (Å²) < 4.78 is 0. The lowest BCUT2D eigenvalue weighted by molar-refractivity contribution is 0.889. The fraction of sp³-hybridized carbons (Fsp3) is 0.286. The summed E-state index contributed by atoms with van der Waals surface area (Å²) in [4.78, 5) is 13.0. The van der Waals surface area contributed by atoms with Crippen LogP contribution in [-0.4, -0.2) is 15.0 Å². The van der Waals surface area contributed by atoms with Crippen LogP contribution in [0.15, 0.2) is 42.7 Å². The Balaban J connectivity index is 0.00000261. The highest BCUT2D eigenvalue weighted by atomic mass is 14.8. The van der Waals surface area contributed by atoms with E-state index in [2.05, 4.69) is 33.2 Å². The standard InChI is InChI=1S/C21H25N5.H2/c1-14-7-19(26-20(22)8-14)6-5-18-10-17(12-24-13-18)4-3-16-9-15(2)25-21(23)11-16;/h7-13H,3-6H2,1-2H3,(H2,22,26)(H2,23,25);1H. The van der Waals surface area contributed by atoms with Crippen LogP contribution >= 0.6 is 0 Å². The van der Waals surface area contributed by atoms with Crippen LogP contribution in [0.2, 0.25) is 0 Å². The molecule has 3 aromatic heterocycles. The highest BCUT2D eigenvalue weighted by Crippen LogP contribution is 2.14. The van der Waals surface area contributed by atoms with Crippen molar-refractivity contribution in [2.75, 3.05) is 11.5 Å². The number of pyridine rings is 3. The maximum atomic E-state index is 5.83. The molecule has 3 rings (SSSR count). The number of nitrogen functional groups attached to an aromatic ring is 2. The number of nitrogens with two attached hydrogens (primary N) is 2. The van der Waals surface area contributed by atoms with Gasteiger partial charge >= 0.3 is 0 Å². The quantitative estimate of drug-likeness (QED) is 0.711. The summed E-state index contributed by atoms with van der Waals surface area (Å²) in [6.07, 6.45) is 7.48. The molecule has 0 aromatic carbocycles. The van der Waals surface area contributed by atoms with Crippen LogP contribution in [0.3, 0.4) is 0 Å². The maximum absolute atomic E-state index is 5.83. The van der Waals surface area contributed by atoms with Crippen LogP contribution < -0.4 is 11.5 Å². The van der Waals surface area contributed by atoms with Gasteiger partial charge < -0.3 is 11.5 Å². The van der Waals surface area contributed by atoms with E-state index in [1.54, 1.807) is 0 Å². The number of hydrogen-bond donors (Lipinski definition) is 2. The van der Waals surface area contributed by atoms with E-state index < -0.39 is 0 Å². The number of aromatic nitrogens is 3. The highest BCUT2D eigenvalue weighted by Gasteiger charge is 2.03. The third-order valence-electron chi connectivity index (χ3n) is 4.30. The Morgan fingerprint density at radius 2 is 1.38 bits per heavy atom. The largest absolute Gasteiger partial charge is 0.384 e. The Morgan fingerprint density at radius 3 is 2.08 bits per heavy atom. The first-order valence-electron chi connectivity index (χ1n) is 8.87. The molecule has 0 fully saturated rings. The van der Waals surface area contributed by atoms with Gasteiger partial charge in [0.2, 0.25) is 0 Å². The van der Waals surface area contributed by atoms with E-state index in [0.717, 1.165) is 42.6 Å². The van der Waals surface area contributed by atoms with Crippen molar-refractivity contribution >= 4 is 11.6 Å². The molecule has 0 radical (unpaired) electrons. The van der Waals surface area contributed by atoms with Crippen molar-refractivity contribution in [3.8, 4) is 0 Å². The van der Waals surface area contributed by atoms with Gasteiger partial charge in [0.25, 0.3) is 0 Å². The maximum Gasteiger partial charge on any atom is 0.123 e. The van der Waals surface area contributed by atoms with Gasteiger partial charge in [-0.2, -0.15) is 0 Å². The molecular weight excluding hydrogens is 322 g/mol. The Labute approximate surface area is 156 Å². The molecule has 5 heteroatoms. The fourth-order valence-corrected chi connectivity index (χ4v) is 3.18. The number of nitrogens with zero attached hydrogens (tertiary/aromatic N) is 3. The van der Waals surface area contributed by atoms with Gasteiger partial charge in [0.15, 0.2) is 0 Å². The Hall–Kier alpha value is -2.95. The summed E-state index contributed by atoms with van der Waals surface area (Å²) in [5.41, 5.74) is 18.4. The monoisotopic (exact) mass is 349 g/mol. The Bertz CT molecular complexity index is 800. The van der Waals surface area contributed by atoms with E-state index in [4.69, 9.17) is 11.5 Å². The molecule has 0 saturated heterocycles. The van der Waals surface area contributed by atoms with Crippen LogP contribution in [0.5, 0.6) is 0 Å². The van der Waals surface area contributed by atoms with Crippen molar-refractivity contribution in [2.24, 2.45) is 0 Å². The molecule has 0 spiro atoms. The van der Waals surface area contributed by atoms with Crippen molar-refractivity contribution in [1.82, 2.24) is 15.0 Å². The van der Waals surface area contributed by atoms with Crippen LogP contribution in [-0.2, 0) is 25.7 Å². The van der Waals surface area contributed by atoms with E-state index in [1.165, 1.54) is 16.7 Å². The molecule has 0 aliphatic heterocycles. The molecule has 0 unspecified atom stereocenters. The summed E-state index contributed by atoms with van der Waals surface area (Å²) in [5, 5.41) is 0. The van der Waals surface area contributed by atoms with Crippen LogP contribution in [0.4, 0.5) is 11.6 Å². The molecule has 5 nitrogen and oxygen atoms in total. The normalized spacial score (nSPS) is 10.8. The third kappa shape index (κ3) is 5.02. The number of anilines is 2. The second-order valence-corrected chi connectivity index (χ2v) is 6.80. The van der Waals surface area contributed by atoms with Crippen molar-refractivity contribution in [3.05, 3.63) is 76.4 Å². The molecule has 0 aliphatic rings. The van der Waals surface area contributed by atoms with Crippen molar-refractivity contribution in [1.29, 1.82) is 0 Å². The number of rotatable bonds is 6. The predicted octanol–water partition coefficient (Wildman–Crippen LogP) is 3.47. The van der Waals surface area contributed by atoms with E-state index >= 15 is 0 Å². The number of aryl methyl sites for hydroxylation is 6. The van der Waals surface area contributed by atoms with Crippen LogP contribution in [0, 0.1) is 13.8 Å². The zero-order valence-corrected chi connectivity index (χ0v) is 15.4. The molecule has 4 N–H and O–H groups in total. The lowest BCUT2D eigenvalue weighted by Crippen LogP contribution is -2.01. The summed E-state index contributed by atoms with van der Waals surface area (Å²) in [7, 11) is 0. The van der Waals surface area contributed by atoms with E-state index in [1.807, 2.05) is 38.4 Å². The average Bonchev–Trinajstić information content (AvgIpc) is 2.57. The van der Waals surface area contributed by atoms with Gasteiger partial charge in [-0.1, -0.05) is 6.07 Å². The van der Waals surface area contributed by atoms with Crippen LogP contribution in [0.25, 0.3) is 0 Å². The Morgan fingerprint density at radius 1 is 0.731 bits per heavy atom. The summed E-state index contributed by atoms with van der Waals surface area (Å²) in [6, 6.07) is 10.2. The first-order valence-corrected chi connectivity index (χ1v) is 8.87. The molecule has 3 heterocycles. The van der Waals surface area contributed by atoms with Gasteiger partial charge in [-0.3, -0.25) is 4.98 Å². The predicted molar refractivity (Wildman–Crippen MR) is 108 cm³/mol. The third-order valence-corrected chi connectivity index (χ3v) is 4.30. The SMILES string of the molecule is Cc1cc(N)nc(CCc2cncc(CCc3cc(C)nc(N)c3)c2)c1.[HH]. The fourth-order valence-electron chi connectivity index (χ4n) is 3.18. The average molecular weight is 349 g/mol. The molecule has 0 aliphatic carbocycles. The smallest absolute Gasteiger partial charge is 0.123 e. The number of hydrogen-bond acceptors (Lipinski definition) is 5. The minimum Gasteiger partial charge on any atom is -0.384 e. The van der Waals surface area contributed by atoms with Crippen molar-refractivity contribution in [2.45, 2.75) is 39.5 Å². The van der Waals surface area contributed by atoms with Gasteiger partial charge in [-0.25, -0.2) is 9.97 Å². The molecule has 0 atom stereocenters. The second kappa shape index (κ2) is 7.95. The summed E-state index contributed by atoms with van der Waals surface area (Å²) in [6.45, 7) is 4.01. The zero-order chi connectivity index (χ0) is 18.5. The van der Waals surface area contributed by atoms with E-state index in [-0.39, 0.29) is 1.43 Å². The first-order chi connectivity index (χ1) is 12.5.